The van der Waals surface area contributed by atoms with Crippen molar-refractivity contribution in [1.29, 1.82) is 0 Å². The van der Waals surface area contributed by atoms with E-state index in [1.165, 1.54) is 0 Å². The number of anilines is 1. The Bertz CT molecular complexity index is 933. The topological polar surface area (TPSA) is 42.2 Å². The number of carbonyl (C=O) groups is 1. The lowest BCUT2D eigenvalue weighted by Crippen LogP contribution is -2.13. The van der Waals surface area contributed by atoms with E-state index in [0.717, 1.165) is 17.7 Å². The molecule has 134 valence electrons. The number of hydrogen-bond acceptors (Lipinski definition) is 2. The van der Waals surface area contributed by atoms with Gasteiger partial charge in [0.05, 0.1) is 5.02 Å². The molecule has 0 bridgehead atoms. The minimum absolute atomic E-state index is 0.227. The zero-order valence-electron chi connectivity index (χ0n) is 14.6. The molecule has 1 amide bonds. The quantitative estimate of drug-likeness (QED) is 0.510. The predicted octanol–water partition coefficient (Wildman–Crippen LogP) is 7.02. The van der Waals surface area contributed by atoms with Gasteiger partial charge in [0, 0.05) is 16.3 Å². The van der Waals surface area contributed by atoms with Gasteiger partial charge in [-0.3, -0.25) is 4.79 Å². The highest BCUT2D eigenvalue weighted by molar-refractivity contribution is 6.36. The van der Waals surface area contributed by atoms with Crippen LogP contribution in [0.3, 0.4) is 0 Å². The van der Waals surface area contributed by atoms with Crippen LogP contribution in [0.2, 0.25) is 10.0 Å². The number of benzene rings is 2. The first-order valence-corrected chi connectivity index (χ1v) is 9.20. The Morgan fingerprint density at radius 3 is 2.62 bits per heavy atom. The van der Waals surface area contributed by atoms with Gasteiger partial charge >= 0.3 is 0 Å². The molecule has 0 unspecified atom stereocenters. The molecule has 26 heavy (non-hydrogen) atoms. The summed E-state index contributed by atoms with van der Waals surface area (Å²) in [5.74, 6) is 0.806. The molecule has 0 aliphatic rings. The Labute approximate surface area is 162 Å². The Hall–Kier alpha value is -2.23. The Morgan fingerprint density at radius 1 is 1.12 bits per heavy atom. The van der Waals surface area contributed by atoms with E-state index in [-0.39, 0.29) is 11.7 Å². The zero-order valence-corrected chi connectivity index (χ0v) is 16.1. The summed E-state index contributed by atoms with van der Waals surface area (Å²) >= 11 is 12.1. The van der Waals surface area contributed by atoms with Crippen LogP contribution in [0, 0.1) is 0 Å². The molecule has 1 aromatic heterocycles. The summed E-state index contributed by atoms with van der Waals surface area (Å²) < 4.78 is 5.71. The molecule has 0 radical (unpaired) electrons. The number of para-hydroxylation sites is 1. The van der Waals surface area contributed by atoms with E-state index in [1.807, 2.05) is 24.3 Å². The Morgan fingerprint density at radius 2 is 1.88 bits per heavy atom. The highest BCUT2D eigenvalue weighted by Crippen LogP contribution is 2.32. The number of hydrogen-bond donors (Lipinski definition) is 1. The van der Waals surface area contributed by atoms with Crippen LogP contribution in [0.25, 0.3) is 11.3 Å². The minimum Gasteiger partial charge on any atom is -0.451 e. The largest absolute Gasteiger partial charge is 0.451 e. The molecule has 3 nitrogen and oxygen atoms in total. The van der Waals surface area contributed by atoms with E-state index in [4.69, 9.17) is 27.6 Å². The molecule has 2 aromatic carbocycles. The van der Waals surface area contributed by atoms with E-state index >= 15 is 0 Å². The van der Waals surface area contributed by atoms with Gasteiger partial charge < -0.3 is 9.73 Å². The second kappa shape index (κ2) is 7.98. The van der Waals surface area contributed by atoms with Gasteiger partial charge in [-0.25, -0.2) is 0 Å². The summed E-state index contributed by atoms with van der Waals surface area (Å²) in [4.78, 5) is 12.6. The number of halogens is 2. The molecule has 1 N–H and O–H groups in total. The standard InChI is InChI=1S/C21H19Cl2NO2/c1-3-13(2)15-6-4-5-7-18(15)24-21(25)20-11-10-19(26-20)16-9-8-14(22)12-17(16)23/h4-13H,3H2,1-2H3,(H,24,25)/t13-/m0/s1. The molecule has 0 aliphatic heterocycles. The average molecular weight is 388 g/mol. The van der Waals surface area contributed by atoms with Crippen molar-refractivity contribution in [1.82, 2.24) is 0 Å². The average Bonchev–Trinajstić information content (AvgIpc) is 3.11. The van der Waals surface area contributed by atoms with Crippen LogP contribution in [-0.4, -0.2) is 5.91 Å². The molecule has 0 spiro atoms. The van der Waals surface area contributed by atoms with Gasteiger partial charge in [0.15, 0.2) is 5.76 Å². The van der Waals surface area contributed by atoms with Crippen molar-refractivity contribution < 1.29 is 9.21 Å². The van der Waals surface area contributed by atoms with E-state index < -0.39 is 0 Å². The summed E-state index contributed by atoms with van der Waals surface area (Å²) in [5.41, 5.74) is 2.60. The number of carbonyl (C=O) groups excluding carboxylic acids is 1. The Balaban J connectivity index is 1.83. The summed E-state index contributed by atoms with van der Waals surface area (Å²) in [7, 11) is 0. The van der Waals surface area contributed by atoms with Crippen LogP contribution in [0.1, 0.15) is 42.3 Å². The first-order valence-electron chi connectivity index (χ1n) is 8.45. The third-order valence-electron chi connectivity index (χ3n) is 4.38. The summed E-state index contributed by atoms with van der Waals surface area (Å²) in [6.07, 6.45) is 0.993. The Kier molecular flexibility index (Phi) is 5.70. The van der Waals surface area contributed by atoms with Crippen LogP contribution in [0.4, 0.5) is 5.69 Å². The third kappa shape index (κ3) is 3.95. The monoisotopic (exact) mass is 387 g/mol. The van der Waals surface area contributed by atoms with Crippen molar-refractivity contribution in [3.05, 3.63) is 76.0 Å². The van der Waals surface area contributed by atoms with E-state index in [0.29, 0.717) is 27.3 Å². The van der Waals surface area contributed by atoms with Crippen molar-refractivity contribution in [2.45, 2.75) is 26.2 Å². The number of nitrogens with one attached hydrogen (secondary N) is 1. The lowest BCUT2D eigenvalue weighted by molar-refractivity contribution is 0.0997. The SMILES string of the molecule is CC[C@H](C)c1ccccc1NC(=O)c1ccc(-c2ccc(Cl)cc2Cl)o1. The highest BCUT2D eigenvalue weighted by atomic mass is 35.5. The van der Waals surface area contributed by atoms with E-state index in [9.17, 15) is 4.79 Å². The predicted molar refractivity (Wildman–Crippen MR) is 107 cm³/mol. The van der Waals surface area contributed by atoms with Gasteiger partial charge in [-0.15, -0.1) is 0 Å². The number of amides is 1. The van der Waals surface area contributed by atoms with Gasteiger partial charge in [0.25, 0.3) is 5.91 Å². The first-order chi connectivity index (χ1) is 12.5. The molecule has 0 saturated heterocycles. The molecule has 5 heteroatoms. The van der Waals surface area contributed by atoms with Gasteiger partial charge in [0.1, 0.15) is 5.76 Å². The first kappa shape index (κ1) is 18.6. The maximum absolute atomic E-state index is 12.6. The van der Waals surface area contributed by atoms with E-state index in [2.05, 4.69) is 19.2 Å². The fraction of sp³-hybridized carbons (Fsp3) is 0.190. The second-order valence-corrected chi connectivity index (χ2v) is 6.98. The van der Waals surface area contributed by atoms with Crippen LogP contribution < -0.4 is 5.32 Å². The summed E-state index contributed by atoms with van der Waals surface area (Å²) in [6, 6.07) is 16.3. The van der Waals surface area contributed by atoms with Crippen LogP contribution in [-0.2, 0) is 0 Å². The lowest BCUT2D eigenvalue weighted by atomic mass is 9.97. The highest BCUT2D eigenvalue weighted by Gasteiger charge is 2.16. The van der Waals surface area contributed by atoms with Crippen molar-refractivity contribution >= 4 is 34.8 Å². The van der Waals surface area contributed by atoms with E-state index in [1.54, 1.807) is 30.3 Å². The molecule has 0 aliphatic carbocycles. The van der Waals surface area contributed by atoms with Crippen molar-refractivity contribution in [2.75, 3.05) is 5.32 Å². The molecule has 3 rings (SSSR count). The summed E-state index contributed by atoms with van der Waals surface area (Å²) in [6.45, 7) is 4.26. The molecule has 0 fully saturated rings. The third-order valence-corrected chi connectivity index (χ3v) is 4.93. The van der Waals surface area contributed by atoms with Gasteiger partial charge in [-0.05, 0) is 54.3 Å². The number of rotatable bonds is 5. The molecular weight excluding hydrogens is 369 g/mol. The zero-order chi connectivity index (χ0) is 18.7. The molecule has 1 atom stereocenters. The normalized spacial score (nSPS) is 12.0. The molecule has 3 aromatic rings. The van der Waals surface area contributed by atoms with Crippen LogP contribution >= 0.6 is 23.2 Å². The molecule has 0 saturated carbocycles. The lowest BCUT2D eigenvalue weighted by Gasteiger charge is -2.15. The summed E-state index contributed by atoms with van der Waals surface area (Å²) in [5, 5.41) is 3.96. The maximum Gasteiger partial charge on any atom is 0.291 e. The smallest absolute Gasteiger partial charge is 0.291 e. The molecule has 1 heterocycles. The van der Waals surface area contributed by atoms with Crippen molar-refractivity contribution in [3.8, 4) is 11.3 Å². The van der Waals surface area contributed by atoms with Crippen molar-refractivity contribution in [2.24, 2.45) is 0 Å². The fourth-order valence-electron chi connectivity index (χ4n) is 2.74. The van der Waals surface area contributed by atoms with Gasteiger partial charge in [-0.1, -0.05) is 55.2 Å². The molecular formula is C21H19Cl2NO2. The van der Waals surface area contributed by atoms with Crippen molar-refractivity contribution in [3.63, 3.8) is 0 Å². The second-order valence-electron chi connectivity index (χ2n) is 6.14. The number of furan rings is 1. The fourth-order valence-corrected chi connectivity index (χ4v) is 3.24. The van der Waals surface area contributed by atoms with Gasteiger partial charge in [-0.2, -0.15) is 0 Å². The maximum atomic E-state index is 12.6. The minimum atomic E-state index is -0.294. The van der Waals surface area contributed by atoms with Crippen LogP contribution in [0.15, 0.2) is 59.0 Å². The van der Waals surface area contributed by atoms with Gasteiger partial charge in [0.2, 0.25) is 0 Å². The van der Waals surface area contributed by atoms with Crippen LogP contribution in [0.5, 0.6) is 0 Å².